The highest BCUT2D eigenvalue weighted by atomic mass is 32.1. The lowest BCUT2D eigenvalue weighted by Crippen LogP contribution is -2.59. The molecule has 1 atom stereocenters. The van der Waals surface area contributed by atoms with E-state index in [2.05, 4.69) is 15.8 Å². The highest BCUT2D eigenvalue weighted by Crippen LogP contribution is 2.39. The Bertz CT molecular complexity index is 343. The van der Waals surface area contributed by atoms with E-state index in [-0.39, 0.29) is 11.6 Å². The van der Waals surface area contributed by atoms with Crippen molar-refractivity contribution in [2.45, 2.75) is 44.2 Å². The number of aryl methyl sites for hydroxylation is 1. The molecule has 0 aliphatic heterocycles. The highest BCUT2D eigenvalue weighted by Gasteiger charge is 2.44. The Hall–Kier alpha value is -0.490. The summed E-state index contributed by atoms with van der Waals surface area (Å²) >= 11 is 1.69. The van der Waals surface area contributed by atoms with Crippen molar-refractivity contribution < 1.29 is 4.74 Å². The summed E-state index contributed by atoms with van der Waals surface area (Å²) in [5.41, 5.74) is 3.90. The predicted molar refractivity (Wildman–Crippen MR) is 65.3 cm³/mol. The molecule has 1 unspecified atom stereocenters. The summed E-state index contributed by atoms with van der Waals surface area (Å²) in [5.74, 6) is 5.65. The molecule has 4 nitrogen and oxygen atoms in total. The number of hydrazine groups is 1. The first kappa shape index (κ1) is 12.0. The fourth-order valence-electron chi connectivity index (χ4n) is 2.29. The monoisotopic (exact) mass is 241 g/mol. The molecule has 0 radical (unpaired) electrons. The van der Waals surface area contributed by atoms with Crippen molar-refractivity contribution in [2.75, 3.05) is 7.11 Å². The Balaban J connectivity index is 2.05. The van der Waals surface area contributed by atoms with Gasteiger partial charge in [0.05, 0.1) is 16.7 Å². The zero-order chi connectivity index (χ0) is 11.6. The summed E-state index contributed by atoms with van der Waals surface area (Å²) in [4.78, 5) is 4.47. The number of hydrogen-bond acceptors (Lipinski definition) is 5. The van der Waals surface area contributed by atoms with E-state index >= 15 is 0 Å². The zero-order valence-electron chi connectivity index (χ0n) is 9.82. The zero-order valence-corrected chi connectivity index (χ0v) is 10.6. The molecule has 16 heavy (non-hydrogen) atoms. The molecule has 0 saturated heterocycles. The molecule has 0 bridgehead atoms. The normalized spacial score (nSPS) is 20.4. The Labute approximate surface area is 100 Å². The summed E-state index contributed by atoms with van der Waals surface area (Å²) in [6.07, 6.45) is 4.25. The van der Waals surface area contributed by atoms with Crippen LogP contribution in [0.25, 0.3) is 0 Å². The van der Waals surface area contributed by atoms with Crippen molar-refractivity contribution in [3.05, 3.63) is 16.1 Å². The van der Waals surface area contributed by atoms with Crippen molar-refractivity contribution in [3.63, 3.8) is 0 Å². The standard InChI is InChI=1S/C11H19N3OS/c1-8-7-16-10(13-8)6-9(14-12)11(15-2)4-3-5-11/h7,9,14H,3-6,12H2,1-2H3. The maximum atomic E-state index is 5.65. The summed E-state index contributed by atoms with van der Waals surface area (Å²) < 4.78 is 5.64. The van der Waals surface area contributed by atoms with Crippen LogP contribution in [0.2, 0.25) is 0 Å². The molecule has 0 spiro atoms. The van der Waals surface area contributed by atoms with Crippen molar-refractivity contribution >= 4 is 11.3 Å². The Kier molecular flexibility index (Phi) is 3.59. The number of nitrogens with two attached hydrogens (primary N) is 1. The second-order valence-corrected chi connectivity index (χ2v) is 5.37. The molecule has 3 N–H and O–H groups in total. The van der Waals surface area contributed by atoms with Gasteiger partial charge >= 0.3 is 0 Å². The summed E-state index contributed by atoms with van der Waals surface area (Å²) in [7, 11) is 1.77. The summed E-state index contributed by atoms with van der Waals surface area (Å²) in [5, 5.41) is 3.20. The molecule has 5 heteroatoms. The minimum Gasteiger partial charge on any atom is -0.377 e. The lowest BCUT2D eigenvalue weighted by Gasteiger charge is -2.46. The van der Waals surface area contributed by atoms with Gasteiger partial charge in [-0.3, -0.25) is 11.3 Å². The second kappa shape index (κ2) is 4.79. The predicted octanol–water partition coefficient (Wildman–Crippen LogP) is 1.40. The van der Waals surface area contributed by atoms with Crippen LogP contribution in [0.1, 0.15) is 30.0 Å². The van der Waals surface area contributed by atoms with Crippen LogP contribution in [-0.4, -0.2) is 23.7 Å². The Morgan fingerprint density at radius 2 is 2.44 bits per heavy atom. The number of methoxy groups -OCH3 is 1. The SMILES string of the molecule is COC1(C(Cc2nc(C)cs2)NN)CCC1. The van der Waals surface area contributed by atoms with E-state index in [9.17, 15) is 0 Å². The van der Waals surface area contributed by atoms with Gasteiger partial charge in [0.25, 0.3) is 0 Å². The quantitative estimate of drug-likeness (QED) is 0.604. The van der Waals surface area contributed by atoms with Gasteiger partial charge in [-0.2, -0.15) is 0 Å². The van der Waals surface area contributed by atoms with Crippen LogP contribution in [0.15, 0.2) is 5.38 Å². The van der Waals surface area contributed by atoms with Gasteiger partial charge in [-0.25, -0.2) is 4.98 Å². The van der Waals surface area contributed by atoms with Gasteiger partial charge < -0.3 is 4.74 Å². The lowest BCUT2D eigenvalue weighted by molar-refractivity contribution is -0.0982. The maximum absolute atomic E-state index is 5.65. The van der Waals surface area contributed by atoms with E-state index in [1.54, 1.807) is 18.4 Å². The largest absolute Gasteiger partial charge is 0.377 e. The van der Waals surface area contributed by atoms with Gasteiger partial charge in [0.15, 0.2) is 0 Å². The lowest BCUT2D eigenvalue weighted by atomic mass is 9.73. The van der Waals surface area contributed by atoms with Crippen LogP contribution in [0, 0.1) is 6.92 Å². The first-order valence-corrected chi connectivity index (χ1v) is 6.50. The molecule has 0 amide bonds. The molecule has 1 aromatic heterocycles. The number of hydrogen-bond donors (Lipinski definition) is 2. The molecule has 1 aliphatic rings. The number of nitrogens with one attached hydrogen (secondary N) is 1. The van der Waals surface area contributed by atoms with E-state index in [0.29, 0.717) is 0 Å². The number of thiazole rings is 1. The van der Waals surface area contributed by atoms with Gasteiger partial charge in [0, 0.05) is 24.6 Å². The third-order valence-corrected chi connectivity index (χ3v) is 4.48. The minimum atomic E-state index is -0.0751. The number of rotatable bonds is 5. The van der Waals surface area contributed by atoms with Crippen molar-refractivity contribution in [2.24, 2.45) is 5.84 Å². The van der Waals surface area contributed by atoms with Gasteiger partial charge in [-0.15, -0.1) is 11.3 Å². The fourth-order valence-corrected chi connectivity index (χ4v) is 3.11. The second-order valence-electron chi connectivity index (χ2n) is 4.43. The fraction of sp³-hybridized carbons (Fsp3) is 0.727. The first-order valence-electron chi connectivity index (χ1n) is 5.62. The van der Waals surface area contributed by atoms with Crippen LogP contribution in [0.4, 0.5) is 0 Å². The molecule has 1 saturated carbocycles. The molecular weight excluding hydrogens is 222 g/mol. The van der Waals surface area contributed by atoms with Crippen LogP contribution >= 0.6 is 11.3 Å². The van der Waals surface area contributed by atoms with E-state index in [0.717, 1.165) is 30.0 Å². The van der Waals surface area contributed by atoms with Gasteiger partial charge in [0.2, 0.25) is 0 Å². The Morgan fingerprint density at radius 1 is 1.69 bits per heavy atom. The molecule has 1 heterocycles. The van der Waals surface area contributed by atoms with Crippen LogP contribution in [0.5, 0.6) is 0 Å². The molecule has 90 valence electrons. The third kappa shape index (κ3) is 2.13. The summed E-state index contributed by atoms with van der Waals surface area (Å²) in [6.45, 7) is 2.01. The third-order valence-electron chi connectivity index (χ3n) is 3.49. The smallest absolute Gasteiger partial charge is 0.0945 e. The topological polar surface area (TPSA) is 60.2 Å². The molecule has 1 aliphatic carbocycles. The van der Waals surface area contributed by atoms with Gasteiger partial charge in [-0.1, -0.05) is 0 Å². The van der Waals surface area contributed by atoms with Gasteiger partial charge in [0.1, 0.15) is 0 Å². The van der Waals surface area contributed by atoms with E-state index in [4.69, 9.17) is 10.6 Å². The number of aromatic nitrogens is 1. The average Bonchev–Trinajstić information content (AvgIpc) is 2.61. The minimum absolute atomic E-state index is 0.0751. The maximum Gasteiger partial charge on any atom is 0.0945 e. The molecule has 2 rings (SSSR count). The van der Waals surface area contributed by atoms with Crippen LogP contribution in [-0.2, 0) is 11.2 Å². The highest BCUT2D eigenvalue weighted by molar-refractivity contribution is 7.09. The van der Waals surface area contributed by atoms with Crippen molar-refractivity contribution in [1.29, 1.82) is 0 Å². The molecule has 1 fully saturated rings. The molecule has 1 aromatic rings. The number of ether oxygens (including phenoxy) is 1. The van der Waals surface area contributed by atoms with Gasteiger partial charge in [-0.05, 0) is 26.2 Å². The van der Waals surface area contributed by atoms with Crippen LogP contribution in [0.3, 0.4) is 0 Å². The Morgan fingerprint density at radius 3 is 2.81 bits per heavy atom. The number of nitrogens with zero attached hydrogens (tertiary/aromatic N) is 1. The van der Waals surface area contributed by atoms with Crippen molar-refractivity contribution in [1.82, 2.24) is 10.4 Å². The van der Waals surface area contributed by atoms with E-state index < -0.39 is 0 Å². The average molecular weight is 241 g/mol. The van der Waals surface area contributed by atoms with E-state index in [1.807, 2.05) is 6.92 Å². The summed E-state index contributed by atoms with van der Waals surface area (Å²) in [6, 6.07) is 0.164. The molecular formula is C11H19N3OS. The van der Waals surface area contributed by atoms with E-state index in [1.165, 1.54) is 6.42 Å². The van der Waals surface area contributed by atoms with Crippen molar-refractivity contribution in [3.8, 4) is 0 Å². The van der Waals surface area contributed by atoms with Crippen LogP contribution < -0.4 is 11.3 Å². The molecule has 0 aromatic carbocycles. The first-order chi connectivity index (χ1) is 7.70.